The fraction of sp³-hybridized carbons (Fsp3) is 0.250. The molecule has 4 aromatic carbocycles. The molecule has 0 radical (unpaired) electrons. The molecule has 4 rings (SSSR count). The van der Waals surface area contributed by atoms with Crippen LogP contribution in [0.4, 0.5) is 0 Å². The minimum Gasteiger partial charge on any atom is -0.394 e. The number of rotatable bonds is 5. The Morgan fingerprint density at radius 3 is 1.88 bits per heavy atom. The first-order chi connectivity index (χ1) is 15.1. The molecule has 4 N–H and O–H groups in total. The first-order valence-corrected chi connectivity index (χ1v) is 12.2. The van der Waals surface area contributed by atoms with Crippen molar-refractivity contribution in [2.75, 3.05) is 19.5 Å². The van der Waals surface area contributed by atoms with Crippen LogP contribution in [0.25, 0.3) is 32.3 Å². The minimum atomic E-state index is -3.67. The zero-order chi connectivity index (χ0) is 23.5. The predicted molar refractivity (Wildman–Crippen MR) is 131 cm³/mol. The van der Waals surface area contributed by atoms with E-state index in [0.29, 0.717) is 12.8 Å². The van der Waals surface area contributed by atoms with Crippen molar-refractivity contribution in [3.05, 3.63) is 71.2 Å². The van der Waals surface area contributed by atoms with E-state index in [0.717, 1.165) is 42.9 Å². The summed E-state index contributed by atoms with van der Waals surface area (Å²) in [6, 6.07) is 20.7. The van der Waals surface area contributed by atoms with E-state index in [4.69, 9.17) is 16.2 Å². The highest BCUT2D eigenvalue weighted by atomic mass is 35.5. The molecule has 0 amide bonds. The van der Waals surface area contributed by atoms with Crippen molar-refractivity contribution in [1.82, 2.24) is 5.32 Å². The summed E-state index contributed by atoms with van der Waals surface area (Å²) in [6.07, 6.45) is 0.715. The molecule has 0 aliphatic heterocycles. The molecule has 0 atom stereocenters. The van der Waals surface area contributed by atoms with E-state index in [-0.39, 0.29) is 13.2 Å². The Morgan fingerprint density at radius 2 is 1.34 bits per heavy atom. The van der Waals surface area contributed by atoms with Gasteiger partial charge in [-0.1, -0.05) is 60.1 Å². The molecule has 4 aromatic rings. The molecule has 0 saturated carbocycles. The highest BCUT2D eigenvalue weighted by Crippen LogP contribution is 2.38. The second-order valence-electron chi connectivity index (χ2n) is 8.05. The van der Waals surface area contributed by atoms with Crippen molar-refractivity contribution in [2.24, 2.45) is 0 Å². The SMILES string of the molecule is CC(CO)(CO)NCc1c2ccccc2c(Cl)c2cc3ccccc3cc12.CS(=O)(=O)O. The van der Waals surface area contributed by atoms with Crippen LogP contribution >= 0.6 is 11.6 Å². The van der Waals surface area contributed by atoms with Crippen LogP contribution in [-0.2, 0) is 16.7 Å². The minimum absolute atomic E-state index is 0.143. The Labute approximate surface area is 192 Å². The molecule has 32 heavy (non-hydrogen) atoms. The number of aliphatic hydroxyl groups excluding tert-OH is 2. The van der Waals surface area contributed by atoms with Gasteiger partial charge in [-0.25, -0.2) is 0 Å². The molecule has 0 bridgehead atoms. The molecule has 0 unspecified atom stereocenters. The zero-order valence-electron chi connectivity index (χ0n) is 17.8. The summed E-state index contributed by atoms with van der Waals surface area (Å²) in [5.74, 6) is 0. The molecule has 0 spiro atoms. The standard InChI is InChI=1S/C23H22ClNO2.CH4O3S/c1-23(13-26,14-27)25-12-21-17-8-4-5-9-18(17)22(24)20-11-16-7-3-2-6-15(16)10-19(20)21;1-5(2,3)4/h2-11,25-27H,12-14H2,1H3;1H3,(H,2,3,4). The highest BCUT2D eigenvalue weighted by molar-refractivity contribution is 7.85. The maximum Gasteiger partial charge on any atom is 0.261 e. The van der Waals surface area contributed by atoms with Crippen LogP contribution in [0.3, 0.4) is 0 Å². The lowest BCUT2D eigenvalue weighted by Gasteiger charge is -2.27. The van der Waals surface area contributed by atoms with Crippen LogP contribution in [0, 0.1) is 0 Å². The van der Waals surface area contributed by atoms with Gasteiger partial charge in [0.1, 0.15) is 0 Å². The monoisotopic (exact) mass is 475 g/mol. The number of aliphatic hydroxyl groups is 2. The molecule has 0 fully saturated rings. The lowest BCUT2D eigenvalue weighted by Crippen LogP contribution is -2.48. The summed E-state index contributed by atoms with van der Waals surface area (Å²) in [5.41, 5.74) is 0.369. The van der Waals surface area contributed by atoms with Crippen LogP contribution in [0.15, 0.2) is 60.7 Å². The van der Waals surface area contributed by atoms with Gasteiger partial charge in [0.15, 0.2) is 0 Å². The molecule has 0 saturated heterocycles. The van der Waals surface area contributed by atoms with Gasteiger partial charge in [-0.15, -0.1) is 0 Å². The van der Waals surface area contributed by atoms with Crippen LogP contribution in [0.5, 0.6) is 0 Å². The van der Waals surface area contributed by atoms with E-state index in [9.17, 15) is 18.6 Å². The van der Waals surface area contributed by atoms with Gasteiger partial charge in [-0.05, 0) is 46.2 Å². The van der Waals surface area contributed by atoms with Gasteiger partial charge in [0.25, 0.3) is 10.1 Å². The summed E-state index contributed by atoms with van der Waals surface area (Å²) in [7, 11) is -3.67. The second-order valence-corrected chi connectivity index (χ2v) is 9.89. The van der Waals surface area contributed by atoms with Crippen molar-refractivity contribution in [2.45, 2.75) is 19.0 Å². The van der Waals surface area contributed by atoms with E-state index in [1.54, 1.807) is 0 Å². The molecule has 0 aliphatic rings. The third kappa shape index (κ3) is 5.56. The van der Waals surface area contributed by atoms with E-state index >= 15 is 0 Å². The normalized spacial score (nSPS) is 12.2. The largest absolute Gasteiger partial charge is 0.394 e. The molecule has 170 valence electrons. The zero-order valence-corrected chi connectivity index (χ0v) is 19.4. The fourth-order valence-electron chi connectivity index (χ4n) is 3.55. The van der Waals surface area contributed by atoms with Gasteiger partial charge in [-0.3, -0.25) is 4.55 Å². The third-order valence-electron chi connectivity index (χ3n) is 5.33. The van der Waals surface area contributed by atoms with Crippen molar-refractivity contribution in [3.8, 4) is 0 Å². The van der Waals surface area contributed by atoms with Gasteiger partial charge in [0, 0.05) is 17.3 Å². The van der Waals surface area contributed by atoms with Gasteiger partial charge < -0.3 is 15.5 Å². The number of halogens is 1. The number of fused-ring (bicyclic) bond motifs is 3. The molecule has 6 nitrogen and oxygen atoms in total. The van der Waals surface area contributed by atoms with E-state index < -0.39 is 15.7 Å². The van der Waals surface area contributed by atoms with Crippen molar-refractivity contribution < 1.29 is 23.2 Å². The van der Waals surface area contributed by atoms with Crippen LogP contribution in [0.1, 0.15) is 12.5 Å². The molecule has 0 heterocycles. The van der Waals surface area contributed by atoms with E-state index in [1.165, 1.54) is 0 Å². The van der Waals surface area contributed by atoms with Crippen LogP contribution < -0.4 is 5.32 Å². The van der Waals surface area contributed by atoms with Gasteiger partial charge >= 0.3 is 0 Å². The lowest BCUT2D eigenvalue weighted by atomic mass is 9.93. The highest BCUT2D eigenvalue weighted by Gasteiger charge is 2.22. The average molecular weight is 476 g/mol. The fourth-order valence-corrected chi connectivity index (χ4v) is 3.87. The number of nitrogens with one attached hydrogen (secondary N) is 1. The lowest BCUT2D eigenvalue weighted by molar-refractivity contribution is 0.103. The van der Waals surface area contributed by atoms with Crippen molar-refractivity contribution in [3.63, 3.8) is 0 Å². The third-order valence-corrected chi connectivity index (χ3v) is 5.73. The van der Waals surface area contributed by atoms with Gasteiger partial charge in [0.2, 0.25) is 0 Å². The van der Waals surface area contributed by atoms with Crippen molar-refractivity contribution >= 4 is 54.0 Å². The number of hydrogen-bond donors (Lipinski definition) is 4. The van der Waals surface area contributed by atoms with E-state index in [2.05, 4.69) is 35.6 Å². The quantitative estimate of drug-likeness (QED) is 0.255. The molecule has 0 aromatic heterocycles. The summed E-state index contributed by atoms with van der Waals surface area (Å²) in [4.78, 5) is 0. The molecular formula is C24H26ClNO5S. The smallest absolute Gasteiger partial charge is 0.261 e. The van der Waals surface area contributed by atoms with Crippen LogP contribution in [0.2, 0.25) is 5.02 Å². The summed E-state index contributed by atoms with van der Waals surface area (Å²) in [6.45, 7) is 2.04. The Hall–Kier alpha value is -2.26. The van der Waals surface area contributed by atoms with Crippen LogP contribution in [-0.4, -0.2) is 48.2 Å². The first-order valence-electron chi connectivity index (χ1n) is 9.97. The topological polar surface area (TPSA) is 107 Å². The Balaban J connectivity index is 0.000000523. The maximum atomic E-state index is 9.63. The summed E-state index contributed by atoms with van der Waals surface area (Å²) < 4.78 is 25.9. The van der Waals surface area contributed by atoms with E-state index in [1.807, 2.05) is 37.3 Å². The van der Waals surface area contributed by atoms with Gasteiger partial charge in [-0.2, -0.15) is 8.42 Å². The molecule has 8 heteroatoms. The predicted octanol–water partition coefficient (Wildman–Crippen LogP) is 4.14. The average Bonchev–Trinajstić information content (AvgIpc) is 2.77. The maximum absolute atomic E-state index is 9.63. The Kier molecular flexibility index (Phi) is 7.39. The summed E-state index contributed by atoms with van der Waals surface area (Å²) in [5, 5.41) is 29.8. The second kappa shape index (κ2) is 9.70. The van der Waals surface area contributed by atoms with Crippen molar-refractivity contribution in [1.29, 1.82) is 0 Å². The Bertz CT molecular complexity index is 1360. The number of benzene rings is 4. The molecular weight excluding hydrogens is 450 g/mol. The summed E-state index contributed by atoms with van der Waals surface area (Å²) >= 11 is 6.79. The first kappa shape index (κ1) is 24.4. The van der Waals surface area contributed by atoms with Gasteiger partial charge in [0.05, 0.1) is 30.0 Å². The molecule has 0 aliphatic carbocycles. The Morgan fingerprint density at radius 1 is 0.875 bits per heavy atom. The number of hydrogen-bond acceptors (Lipinski definition) is 5.